The van der Waals surface area contributed by atoms with Crippen molar-refractivity contribution >= 4 is 57.5 Å². The minimum absolute atomic E-state index is 0.0610. The Hall–Kier alpha value is -8.27. The van der Waals surface area contributed by atoms with Crippen molar-refractivity contribution < 1.29 is 47.5 Å². The lowest BCUT2D eigenvalue weighted by Crippen LogP contribution is -2.15. The monoisotopic (exact) mass is 1100 g/mol. The third-order valence-corrected chi connectivity index (χ3v) is 15.4. The Bertz CT molecular complexity index is 3530. The topological polar surface area (TPSA) is 170 Å². The van der Waals surface area contributed by atoms with Gasteiger partial charge >= 0.3 is 11.9 Å². The Kier molecular flexibility index (Phi) is 16.7. The zero-order valence-electron chi connectivity index (χ0n) is 41.5. The first-order chi connectivity index (χ1) is 37.7. The molecule has 14 nitrogen and oxygen atoms in total. The van der Waals surface area contributed by atoms with Gasteiger partial charge in [0.1, 0.15) is 68.6 Å². The van der Waals surface area contributed by atoms with Crippen molar-refractivity contribution in [3.8, 4) is 56.1 Å². The number of aryl methyl sites for hydroxylation is 3. The summed E-state index contributed by atoms with van der Waals surface area (Å²) < 4.78 is 45.1. The van der Waals surface area contributed by atoms with Crippen molar-refractivity contribution in [2.45, 2.75) is 56.8 Å². The van der Waals surface area contributed by atoms with E-state index in [0.717, 1.165) is 95.1 Å². The van der Waals surface area contributed by atoms with Crippen LogP contribution in [0.5, 0.6) is 50.1 Å². The van der Waals surface area contributed by atoms with Crippen molar-refractivity contribution in [3.05, 3.63) is 211 Å². The van der Waals surface area contributed by atoms with E-state index in [4.69, 9.17) is 45.3 Å². The number of methoxy groups -OCH3 is 2. The molecule has 0 N–H and O–H groups in total. The molecule has 9 aromatic rings. The first-order valence-corrected chi connectivity index (χ1v) is 27.2. The molecule has 0 bridgehead atoms. The predicted molar refractivity (Wildman–Crippen MR) is 293 cm³/mol. The highest BCUT2D eigenvalue weighted by atomic mass is 35.5. The van der Waals surface area contributed by atoms with Gasteiger partial charge in [0.2, 0.25) is 0 Å². The molecule has 388 valence electrons. The van der Waals surface area contributed by atoms with Gasteiger partial charge < -0.3 is 37.9 Å². The van der Waals surface area contributed by atoms with Crippen molar-refractivity contribution in [2.75, 3.05) is 14.2 Å². The number of benzene rings is 6. The van der Waals surface area contributed by atoms with E-state index >= 15 is 0 Å². The highest BCUT2D eigenvalue weighted by Crippen LogP contribution is 2.42. The molecule has 0 saturated heterocycles. The van der Waals surface area contributed by atoms with Crippen LogP contribution in [0, 0.1) is 11.3 Å². The molecule has 3 unspecified atom stereocenters. The van der Waals surface area contributed by atoms with E-state index in [-0.39, 0.29) is 28.3 Å². The number of nitrogens with zero attached hydrogens (tertiary/aromatic N) is 4. The van der Waals surface area contributed by atoms with Crippen LogP contribution in [-0.4, -0.2) is 41.1 Å². The highest BCUT2D eigenvalue weighted by molar-refractivity contribution is 7.16. The van der Waals surface area contributed by atoms with E-state index in [9.17, 15) is 9.59 Å². The van der Waals surface area contributed by atoms with Crippen LogP contribution in [-0.2, 0) is 28.7 Å². The first kappa shape index (κ1) is 52.2. The van der Waals surface area contributed by atoms with Gasteiger partial charge in [-0.1, -0.05) is 137 Å². The lowest BCUT2D eigenvalue weighted by atomic mass is 9.97. The van der Waals surface area contributed by atoms with Crippen molar-refractivity contribution in [3.63, 3.8) is 0 Å². The second-order valence-corrected chi connectivity index (χ2v) is 20.8. The number of carbonyl (C=O) groups is 2. The van der Waals surface area contributed by atoms with Crippen LogP contribution >= 0.6 is 45.6 Å². The van der Waals surface area contributed by atoms with Gasteiger partial charge in [0.05, 0.1) is 26.6 Å². The Balaban J connectivity index is 0.000000131. The van der Waals surface area contributed by atoms with Gasteiger partial charge in [-0.05, 0) is 127 Å². The second-order valence-electron chi connectivity index (χ2n) is 17.5. The van der Waals surface area contributed by atoms with E-state index in [0.29, 0.717) is 42.6 Å². The molecular weight excluding hydrogens is 1060 g/mol. The fraction of sp³-hybridized carbons (Fsp3) is 0.186. The summed E-state index contributed by atoms with van der Waals surface area (Å²) in [4.78, 5) is 36.6. The van der Waals surface area contributed by atoms with Gasteiger partial charge in [-0.3, -0.25) is 0 Å². The normalized spacial score (nSPS) is 15.7. The van der Waals surface area contributed by atoms with Crippen molar-refractivity contribution in [1.82, 2.24) is 15.0 Å². The smallest absolute Gasteiger partial charge is 0.351 e. The summed E-state index contributed by atoms with van der Waals surface area (Å²) in [5.41, 5.74) is 6.90. The van der Waals surface area contributed by atoms with Crippen LogP contribution in [0.3, 0.4) is 0 Å². The Labute approximate surface area is 460 Å². The lowest BCUT2D eigenvalue weighted by molar-refractivity contribution is 0.0597. The first-order valence-electron chi connectivity index (χ1n) is 24.4. The summed E-state index contributed by atoms with van der Waals surface area (Å²) in [6.45, 7) is 0. The minimum Gasteiger partial charge on any atom is -0.485 e. The Morgan fingerprint density at radius 1 is 0.545 bits per heavy atom. The third kappa shape index (κ3) is 13.1. The summed E-state index contributed by atoms with van der Waals surface area (Å²) in [7, 11) is 2.64. The van der Waals surface area contributed by atoms with Gasteiger partial charge in [-0.15, -0.1) is 0 Å². The molecule has 77 heavy (non-hydrogen) atoms. The molecule has 12 rings (SSSR count). The van der Waals surface area contributed by atoms with Gasteiger partial charge in [0.15, 0.2) is 10.0 Å². The SMILES string of the molecule is COC(=O)c1cnc(Oc2ccc3c(c2)CCC(c2ccccc2)O3)s1.COC(=O)c1sc(Oc2ccc3c(c2)CCC(c2ccccc2)O3)nc1Cl.N#Cc1cnc(Oc2ccc3c(c2)CCC(c2ccccc2)O3)s1. The van der Waals surface area contributed by atoms with Gasteiger partial charge in [0.25, 0.3) is 15.6 Å². The fourth-order valence-corrected chi connectivity index (χ4v) is 11.0. The number of hydrogen-bond donors (Lipinski definition) is 0. The molecule has 3 atom stereocenters. The van der Waals surface area contributed by atoms with E-state index in [2.05, 4.69) is 66.9 Å². The summed E-state index contributed by atoms with van der Waals surface area (Å²) in [5.74, 6) is 3.71. The number of ether oxygens (including phenoxy) is 8. The number of halogens is 1. The van der Waals surface area contributed by atoms with Gasteiger partial charge in [-0.25, -0.2) is 19.6 Å². The number of hydrogen-bond acceptors (Lipinski definition) is 17. The molecule has 6 heterocycles. The third-order valence-electron chi connectivity index (χ3n) is 12.5. The fourth-order valence-electron chi connectivity index (χ4n) is 8.70. The van der Waals surface area contributed by atoms with E-state index < -0.39 is 11.9 Å². The number of aromatic nitrogens is 3. The lowest BCUT2D eigenvalue weighted by Gasteiger charge is -2.26. The average Bonchev–Trinajstić information content (AvgIpc) is 4.26. The van der Waals surface area contributed by atoms with Gasteiger partial charge in [0, 0.05) is 0 Å². The van der Waals surface area contributed by atoms with Gasteiger partial charge in [-0.2, -0.15) is 10.2 Å². The quantitative estimate of drug-likeness (QED) is 0.112. The summed E-state index contributed by atoms with van der Waals surface area (Å²) in [6.07, 6.45) is 8.72. The standard InChI is InChI=1S/C20H16ClNO4S.C20H17NO4S.C19H14N2O2S/c1-24-19(23)17-18(21)22-20(27-17)25-14-8-10-16-13(11-14)7-9-15(26-16)12-5-3-2-4-6-12;1-23-19(22)18-12-21-20(26-18)24-15-8-10-17-14(11-15)7-9-16(25-17)13-5-3-2-4-6-13;20-11-16-12-21-19(24-16)22-15-7-9-18-14(10-15)6-8-17(23-18)13-4-2-1-3-5-13/h2-6,8,10-11,15H,7,9H2,1H3;2-6,8,10-12,16H,7,9H2,1H3;1-5,7,9-10,12,17H,6,8H2. The molecule has 0 fully saturated rings. The van der Waals surface area contributed by atoms with Crippen molar-refractivity contribution in [2.24, 2.45) is 0 Å². The molecule has 0 saturated carbocycles. The maximum absolute atomic E-state index is 11.6. The number of fused-ring (bicyclic) bond motifs is 3. The van der Waals surface area contributed by atoms with E-state index in [1.165, 1.54) is 54.6 Å². The average molecular weight is 1100 g/mol. The Morgan fingerprint density at radius 2 is 0.961 bits per heavy atom. The summed E-state index contributed by atoms with van der Waals surface area (Å²) >= 11 is 9.42. The highest BCUT2D eigenvalue weighted by Gasteiger charge is 2.26. The molecule has 3 aromatic heterocycles. The van der Waals surface area contributed by atoms with Crippen LogP contribution in [0.15, 0.2) is 158 Å². The number of rotatable bonds is 11. The van der Waals surface area contributed by atoms with Crippen molar-refractivity contribution in [1.29, 1.82) is 5.26 Å². The largest absolute Gasteiger partial charge is 0.485 e. The molecule has 3 aliphatic heterocycles. The molecule has 6 aromatic carbocycles. The number of thiazole rings is 3. The number of esters is 2. The van der Waals surface area contributed by atoms with Crippen LogP contribution < -0.4 is 28.4 Å². The van der Waals surface area contributed by atoms with Crippen LogP contribution in [0.4, 0.5) is 0 Å². The molecule has 3 aliphatic rings. The van der Waals surface area contributed by atoms with E-state index in [1.54, 1.807) is 0 Å². The summed E-state index contributed by atoms with van der Waals surface area (Å²) in [6, 6.07) is 50.0. The zero-order chi connectivity index (χ0) is 53.1. The molecule has 0 aliphatic carbocycles. The van der Waals surface area contributed by atoms with E-state index in [1.807, 2.05) is 109 Å². The second kappa shape index (κ2) is 24.6. The van der Waals surface area contributed by atoms with Crippen LogP contribution in [0.2, 0.25) is 5.15 Å². The molecule has 0 radical (unpaired) electrons. The minimum atomic E-state index is -0.529. The molecule has 18 heteroatoms. The van der Waals surface area contributed by atoms with Crippen LogP contribution in [0.1, 0.15) is 95.2 Å². The van der Waals surface area contributed by atoms with Crippen LogP contribution in [0.25, 0.3) is 0 Å². The number of nitriles is 1. The maximum atomic E-state index is 11.6. The summed E-state index contributed by atoms with van der Waals surface area (Å²) in [5, 5.41) is 10.1. The molecule has 0 amide bonds. The molecule has 0 spiro atoms. The molecular formula is C59H47ClN4O10S3. The Morgan fingerprint density at radius 3 is 1.38 bits per heavy atom. The predicted octanol–water partition coefficient (Wildman–Crippen LogP) is 15.1. The maximum Gasteiger partial charge on any atom is 0.351 e. The number of carbonyl (C=O) groups excluding carboxylic acids is 2. The zero-order valence-corrected chi connectivity index (χ0v) is 44.7.